The van der Waals surface area contributed by atoms with Crippen LogP contribution in [0.4, 0.5) is 0 Å². The molecule has 2 heteroatoms. The first-order valence-electron chi connectivity index (χ1n) is 6.34. The Hall–Kier alpha value is -0.600. The first-order chi connectivity index (χ1) is 7.72. The minimum Gasteiger partial charge on any atom is -0.387 e. The molecule has 88 valence electrons. The summed E-state index contributed by atoms with van der Waals surface area (Å²) < 4.78 is 6.01. The molecule has 1 heterocycles. The van der Waals surface area contributed by atoms with Crippen LogP contribution >= 0.6 is 0 Å². The standard InChI is InChI=1S/C14H20O2/c1-2-5-11-10-13(15)8-9-16-14(13)7-4-3-6-12(11)14/h2-4,11-12,15H,1,5-10H2/t11-,12-,13-,14-/m1/s1. The van der Waals surface area contributed by atoms with E-state index < -0.39 is 5.60 Å². The summed E-state index contributed by atoms with van der Waals surface area (Å²) in [6, 6.07) is 0. The van der Waals surface area contributed by atoms with Crippen molar-refractivity contribution < 1.29 is 9.84 Å². The smallest absolute Gasteiger partial charge is 0.104 e. The molecule has 2 aliphatic carbocycles. The Morgan fingerprint density at radius 2 is 2.38 bits per heavy atom. The average Bonchev–Trinajstić information content (AvgIpc) is 2.68. The summed E-state index contributed by atoms with van der Waals surface area (Å²) in [4.78, 5) is 0. The van der Waals surface area contributed by atoms with E-state index in [4.69, 9.17) is 4.74 Å². The molecule has 0 aromatic carbocycles. The summed E-state index contributed by atoms with van der Waals surface area (Å²) in [6.07, 6.45) is 11.1. The molecule has 3 rings (SSSR count). The summed E-state index contributed by atoms with van der Waals surface area (Å²) in [5, 5.41) is 10.8. The number of allylic oxidation sites excluding steroid dienone is 2. The molecule has 1 aliphatic heterocycles. The van der Waals surface area contributed by atoms with Crippen molar-refractivity contribution >= 4 is 0 Å². The molecule has 1 spiro atoms. The number of rotatable bonds is 2. The predicted molar refractivity (Wildman–Crippen MR) is 63.0 cm³/mol. The van der Waals surface area contributed by atoms with Crippen molar-refractivity contribution in [3.63, 3.8) is 0 Å². The highest BCUT2D eigenvalue weighted by Crippen LogP contribution is 2.59. The third kappa shape index (κ3) is 1.15. The van der Waals surface area contributed by atoms with Crippen molar-refractivity contribution in [2.24, 2.45) is 11.8 Å². The van der Waals surface area contributed by atoms with Crippen molar-refractivity contribution in [3.05, 3.63) is 24.8 Å². The molecule has 3 aliphatic rings. The summed E-state index contributed by atoms with van der Waals surface area (Å²) >= 11 is 0. The molecule has 1 N–H and O–H groups in total. The molecule has 4 atom stereocenters. The molecule has 0 amide bonds. The highest BCUT2D eigenvalue weighted by atomic mass is 16.5. The average molecular weight is 220 g/mol. The van der Waals surface area contributed by atoms with Gasteiger partial charge in [-0.05, 0) is 37.5 Å². The van der Waals surface area contributed by atoms with Crippen LogP contribution in [0.2, 0.25) is 0 Å². The van der Waals surface area contributed by atoms with Crippen LogP contribution in [0.1, 0.15) is 32.1 Å². The van der Waals surface area contributed by atoms with Gasteiger partial charge in [-0.25, -0.2) is 0 Å². The maximum atomic E-state index is 10.8. The van der Waals surface area contributed by atoms with Crippen LogP contribution in [0.3, 0.4) is 0 Å². The van der Waals surface area contributed by atoms with E-state index in [9.17, 15) is 5.11 Å². The third-order valence-corrected chi connectivity index (χ3v) is 4.88. The SMILES string of the molecule is C=CC[C@@H]1C[C@]2(O)CCO[C@@]23CC=CC[C@H]13. The summed E-state index contributed by atoms with van der Waals surface area (Å²) in [5.74, 6) is 1.04. The summed E-state index contributed by atoms with van der Waals surface area (Å²) in [7, 11) is 0. The maximum Gasteiger partial charge on any atom is 0.104 e. The second kappa shape index (κ2) is 3.44. The number of aliphatic hydroxyl groups is 1. The summed E-state index contributed by atoms with van der Waals surface area (Å²) in [5.41, 5.74) is -0.842. The van der Waals surface area contributed by atoms with Crippen LogP contribution in [0.15, 0.2) is 24.8 Å². The lowest BCUT2D eigenvalue weighted by atomic mass is 9.73. The first-order valence-corrected chi connectivity index (χ1v) is 6.34. The van der Waals surface area contributed by atoms with Crippen LogP contribution in [0, 0.1) is 11.8 Å². The Morgan fingerprint density at radius 3 is 3.19 bits per heavy atom. The van der Waals surface area contributed by atoms with Crippen molar-refractivity contribution in [2.75, 3.05) is 6.61 Å². The number of ether oxygens (including phenoxy) is 1. The van der Waals surface area contributed by atoms with Gasteiger partial charge in [0.1, 0.15) is 5.60 Å². The quantitative estimate of drug-likeness (QED) is 0.724. The topological polar surface area (TPSA) is 29.5 Å². The van der Waals surface area contributed by atoms with E-state index in [2.05, 4.69) is 18.7 Å². The highest BCUT2D eigenvalue weighted by Gasteiger charge is 2.66. The molecule has 0 aromatic rings. The van der Waals surface area contributed by atoms with Gasteiger partial charge in [-0.1, -0.05) is 18.2 Å². The normalized spacial score (nSPS) is 50.1. The Morgan fingerprint density at radius 1 is 1.50 bits per heavy atom. The van der Waals surface area contributed by atoms with Crippen LogP contribution in [0.5, 0.6) is 0 Å². The van der Waals surface area contributed by atoms with Crippen molar-refractivity contribution in [1.82, 2.24) is 0 Å². The zero-order valence-electron chi connectivity index (χ0n) is 9.69. The zero-order chi connectivity index (χ0) is 11.2. The molecule has 1 saturated carbocycles. The fourth-order valence-corrected chi connectivity index (χ4v) is 4.18. The molecular formula is C14H20O2. The van der Waals surface area contributed by atoms with E-state index in [1.54, 1.807) is 0 Å². The van der Waals surface area contributed by atoms with Crippen LogP contribution in [-0.4, -0.2) is 22.9 Å². The van der Waals surface area contributed by atoms with Gasteiger partial charge in [-0.15, -0.1) is 6.58 Å². The van der Waals surface area contributed by atoms with Gasteiger partial charge in [-0.2, -0.15) is 0 Å². The minimum absolute atomic E-state index is 0.268. The Bertz CT molecular complexity index is 336. The van der Waals surface area contributed by atoms with E-state index in [-0.39, 0.29) is 5.60 Å². The predicted octanol–water partition coefficient (Wildman–Crippen LogP) is 2.44. The minimum atomic E-state index is -0.573. The van der Waals surface area contributed by atoms with Crippen molar-refractivity contribution in [3.8, 4) is 0 Å². The van der Waals surface area contributed by atoms with E-state index in [0.29, 0.717) is 11.8 Å². The molecule has 0 bridgehead atoms. The Kier molecular flexibility index (Phi) is 2.27. The highest BCUT2D eigenvalue weighted by molar-refractivity contribution is 5.22. The molecule has 16 heavy (non-hydrogen) atoms. The van der Waals surface area contributed by atoms with Crippen molar-refractivity contribution in [2.45, 2.75) is 43.3 Å². The maximum absolute atomic E-state index is 10.8. The van der Waals surface area contributed by atoms with Crippen molar-refractivity contribution in [1.29, 1.82) is 0 Å². The first kappa shape index (κ1) is 10.5. The van der Waals surface area contributed by atoms with Gasteiger partial charge in [-0.3, -0.25) is 0 Å². The molecule has 0 unspecified atom stereocenters. The molecule has 2 fully saturated rings. The van der Waals surface area contributed by atoms with Crippen LogP contribution in [-0.2, 0) is 4.74 Å². The lowest BCUT2D eigenvalue weighted by Crippen LogP contribution is -2.51. The lowest BCUT2D eigenvalue weighted by molar-refractivity contribution is -0.123. The monoisotopic (exact) mass is 220 g/mol. The van der Waals surface area contributed by atoms with Gasteiger partial charge in [0.25, 0.3) is 0 Å². The van der Waals surface area contributed by atoms with E-state index >= 15 is 0 Å². The lowest BCUT2D eigenvalue weighted by Gasteiger charge is -2.41. The third-order valence-electron chi connectivity index (χ3n) is 4.88. The van der Waals surface area contributed by atoms with E-state index in [0.717, 1.165) is 38.7 Å². The molecular weight excluding hydrogens is 200 g/mol. The largest absolute Gasteiger partial charge is 0.387 e. The fraction of sp³-hybridized carbons (Fsp3) is 0.714. The Balaban J connectivity index is 1.98. The zero-order valence-corrected chi connectivity index (χ0v) is 9.69. The molecule has 0 aromatic heterocycles. The molecule has 2 nitrogen and oxygen atoms in total. The fourth-order valence-electron chi connectivity index (χ4n) is 4.18. The van der Waals surface area contributed by atoms with E-state index in [1.165, 1.54) is 0 Å². The molecule has 0 radical (unpaired) electrons. The second-order valence-corrected chi connectivity index (χ2v) is 5.53. The van der Waals surface area contributed by atoms with Gasteiger partial charge in [0, 0.05) is 6.42 Å². The van der Waals surface area contributed by atoms with Gasteiger partial charge >= 0.3 is 0 Å². The second-order valence-electron chi connectivity index (χ2n) is 5.53. The van der Waals surface area contributed by atoms with Gasteiger partial charge in [0.05, 0.1) is 12.2 Å². The number of hydrogen-bond donors (Lipinski definition) is 1. The van der Waals surface area contributed by atoms with Gasteiger partial charge < -0.3 is 9.84 Å². The summed E-state index contributed by atoms with van der Waals surface area (Å²) in [6.45, 7) is 4.56. The van der Waals surface area contributed by atoms with Crippen LogP contribution in [0.25, 0.3) is 0 Å². The molecule has 1 saturated heterocycles. The van der Waals surface area contributed by atoms with E-state index in [1.807, 2.05) is 6.08 Å². The van der Waals surface area contributed by atoms with Gasteiger partial charge in [0.2, 0.25) is 0 Å². The Labute approximate surface area is 97.0 Å². The van der Waals surface area contributed by atoms with Gasteiger partial charge in [0.15, 0.2) is 0 Å². The van der Waals surface area contributed by atoms with Crippen LogP contribution < -0.4 is 0 Å². The number of hydrogen-bond acceptors (Lipinski definition) is 2.